The third-order valence-electron chi connectivity index (χ3n) is 8.19. The van der Waals surface area contributed by atoms with Crippen molar-refractivity contribution in [1.82, 2.24) is 33.7 Å². The summed E-state index contributed by atoms with van der Waals surface area (Å²) in [5.41, 5.74) is 3.38. The number of anilines is 2. The van der Waals surface area contributed by atoms with E-state index in [-0.39, 0.29) is 11.7 Å². The van der Waals surface area contributed by atoms with Crippen LogP contribution in [0.3, 0.4) is 0 Å². The van der Waals surface area contributed by atoms with Crippen LogP contribution in [0, 0.1) is 24.7 Å². The Kier molecular flexibility index (Phi) is 3.73. The number of fused-ring (bicyclic) bond motifs is 2. The molecular formula is C23H26N8O2. The molecule has 0 saturated heterocycles. The van der Waals surface area contributed by atoms with Crippen LogP contribution in [0.5, 0.6) is 0 Å². The summed E-state index contributed by atoms with van der Waals surface area (Å²) < 4.78 is 5.24. The van der Waals surface area contributed by atoms with Gasteiger partial charge in [-0.15, -0.1) is 0 Å². The van der Waals surface area contributed by atoms with Crippen LogP contribution in [0.1, 0.15) is 43.7 Å². The van der Waals surface area contributed by atoms with Gasteiger partial charge in [0.2, 0.25) is 5.95 Å². The summed E-state index contributed by atoms with van der Waals surface area (Å²) in [4.78, 5) is 26.9. The maximum Gasteiger partial charge on any atom is 0.330 e. The average molecular weight is 447 g/mol. The molecule has 2 N–H and O–H groups in total. The van der Waals surface area contributed by atoms with Crippen LogP contribution in [-0.4, -0.2) is 44.4 Å². The summed E-state index contributed by atoms with van der Waals surface area (Å²) in [7, 11) is 1.78. The quantitative estimate of drug-likeness (QED) is 0.496. The molecule has 4 bridgehead atoms. The highest BCUT2D eigenvalue weighted by molar-refractivity contribution is 5.73. The molecule has 4 aromatic rings. The van der Waals surface area contributed by atoms with E-state index in [1.54, 1.807) is 22.3 Å². The lowest BCUT2D eigenvalue weighted by Gasteiger charge is -2.58. The van der Waals surface area contributed by atoms with Gasteiger partial charge in [0.1, 0.15) is 11.8 Å². The number of nitrogens with one attached hydrogen (secondary N) is 1. The molecule has 2 atom stereocenters. The molecule has 4 aliphatic carbocycles. The molecule has 4 aromatic heterocycles. The van der Waals surface area contributed by atoms with Gasteiger partial charge in [-0.3, -0.25) is 9.13 Å². The first kappa shape index (κ1) is 19.2. The van der Waals surface area contributed by atoms with Crippen molar-refractivity contribution in [3.63, 3.8) is 0 Å². The van der Waals surface area contributed by atoms with Crippen molar-refractivity contribution in [1.29, 1.82) is 0 Å². The summed E-state index contributed by atoms with van der Waals surface area (Å²) in [6.45, 7) is 1.99. The third-order valence-corrected chi connectivity index (χ3v) is 8.19. The summed E-state index contributed by atoms with van der Waals surface area (Å²) in [5.74, 6) is 1.64. The molecule has 4 aliphatic rings. The van der Waals surface area contributed by atoms with Gasteiger partial charge >= 0.3 is 5.69 Å². The van der Waals surface area contributed by atoms with E-state index in [9.17, 15) is 9.90 Å². The fourth-order valence-electron chi connectivity index (χ4n) is 7.05. The fraction of sp³-hybridized carbons (Fsp3) is 0.522. The van der Waals surface area contributed by atoms with Crippen molar-refractivity contribution in [2.75, 3.05) is 5.32 Å². The van der Waals surface area contributed by atoms with Gasteiger partial charge < -0.3 is 10.4 Å². The van der Waals surface area contributed by atoms with E-state index in [2.05, 4.69) is 20.4 Å². The summed E-state index contributed by atoms with van der Waals surface area (Å²) in [6.07, 6.45) is 9.74. The summed E-state index contributed by atoms with van der Waals surface area (Å²) in [5, 5.41) is 18.5. The van der Waals surface area contributed by atoms with Crippen molar-refractivity contribution in [3.8, 4) is 0 Å². The highest BCUT2D eigenvalue weighted by Crippen LogP contribution is 2.59. The second-order valence-corrected chi connectivity index (χ2v) is 10.4. The van der Waals surface area contributed by atoms with E-state index in [1.165, 1.54) is 6.33 Å². The molecule has 0 radical (unpaired) electrons. The van der Waals surface area contributed by atoms with Gasteiger partial charge in [-0.25, -0.2) is 19.3 Å². The topological polar surface area (TPSA) is 115 Å². The van der Waals surface area contributed by atoms with Crippen LogP contribution >= 0.6 is 0 Å². The lowest BCUT2D eigenvalue weighted by molar-refractivity contribution is -0.146. The highest BCUT2D eigenvalue weighted by atomic mass is 16.3. The minimum Gasteiger partial charge on any atom is -0.390 e. The van der Waals surface area contributed by atoms with Gasteiger partial charge in [-0.2, -0.15) is 10.1 Å². The molecule has 0 aromatic carbocycles. The molecule has 170 valence electrons. The van der Waals surface area contributed by atoms with Gasteiger partial charge in [0, 0.05) is 13.1 Å². The number of aromatic nitrogens is 7. The second kappa shape index (κ2) is 6.40. The molecule has 2 unspecified atom stereocenters. The van der Waals surface area contributed by atoms with Crippen molar-refractivity contribution in [3.05, 3.63) is 40.8 Å². The largest absolute Gasteiger partial charge is 0.390 e. The molecule has 0 aliphatic heterocycles. The number of nitrogens with zero attached hydrogens (tertiary/aromatic N) is 7. The number of imidazole rings is 1. The smallest absolute Gasteiger partial charge is 0.330 e. The van der Waals surface area contributed by atoms with E-state index in [0.29, 0.717) is 29.3 Å². The predicted molar refractivity (Wildman–Crippen MR) is 121 cm³/mol. The van der Waals surface area contributed by atoms with E-state index in [1.807, 2.05) is 23.8 Å². The third kappa shape index (κ3) is 2.73. The first-order chi connectivity index (χ1) is 15.9. The molecule has 4 fully saturated rings. The Morgan fingerprint density at radius 1 is 1.18 bits per heavy atom. The normalized spacial score (nSPS) is 30.5. The Hall–Kier alpha value is -3.27. The zero-order valence-electron chi connectivity index (χ0n) is 18.6. The van der Waals surface area contributed by atoms with Crippen molar-refractivity contribution in [2.24, 2.45) is 24.8 Å². The van der Waals surface area contributed by atoms with Crippen LogP contribution in [0.25, 0.3) is 16.8 Å². The Bertz CT molecular complexity index is 1470. The van der Waals surface area contributed by atoms with Gasteiger partial charge in [0.05, 0.1) is 23.7 Å². The standard InChI is InChI=1S/C23H26N8O2/c1-12-3-18-25-11-26-30(18)10-16(12)27-21-24-9-17-20(28-21)31(22(32)29(17)2)19-14-4-13-5-15(19)8-23(33,6-13)7-14/h3,9-11,13-15,19,33H,4-8H2,1-2H3,(H,24,27,28). The molecular weight excluding hydrogens is 420 g/mol. The predicted octanol–water partition coefficient (Wildman–Crippen LogP) is 2.34. The molecule has 4 heterocycles. The maximum atomic E-state index is 13.4. The number of aryl methyl sites for hydroxylation is 2. The van der Waals surface area contributed by atoms with Crippen molar-refractivity contribution in [2.45, 2.75) is 50.7 Å². The van der Waals surface area contributed by atoms with Crippen LogP contribution in [-0.2, 0) is 7.05 Å². The SMILES string of the molecule is Cc1cc2ncnn2cc1Nc1ncc2c(n1)n(C1C3CC4CC1CC(O)(C4)C3)c(=O)n2C. The van der Waals surface area contributed by atoms with Crippen LogP contribution in [0.15, 0.2) is 29.6 Å². The molecule has 0 spiro atoms. The lowest BCUT2D eigenvalue weighted by atomic mass is 9.52. The van der Waals surface area contributed by atoms with E-state index < -0.39 is 5.60 Å². The van der Waals surface area contributed by atoms with Gasteiger partial charge in [0.15, 0.2) is 11.3 Å². The zero-order chi connectivity index (χ0) is 22.5. The fourth-order valence-corrected chi connectivity index (χ4v) is 7.05. The summed E-state index contributed by atoms with van der Waals surface area (Å²) >= 11 is 0. The monoisotopic (exact) mass is 446 g/mol. The van der Waals surface area contributed by atoms with Crippen LogP contribution in [0.2, 0.25) is 0 Å². The van der Waals surface area contributed by atoms with Crippen LogP contribution in [0.4, 0.5) is 11.6 Å². The minimum atomic E-state index is -0.541. The number of aliphatic hydroxyl groups is 1. The van der Waals surface area contributed by atoms with Crippen molar-refractivity contribution < 1.29 is 5.11 Å². The molecule has 4 saturated carbocycles. The maximum absolute atomic E-state index is 13.4. The first-order valence-corrected chi connectivity index (χ1v) is 11.6. The second-order valence-electron chi connectivity index (χ2n) is 10.4. The molecule has 10 heteroatoms. The molecule has 8 rings (SSSR count). The van der Waals surface area contributed by atoms with Gasteiger partial charge in [-0.05, 0) is 68.4 Å². The number of hydrogen-bond donors (Lipinski definition) is 2. The average Bonchev–Trinajstić information content (AvgIpc) is 3.30. The molecule has 33 heavy (non-hydrogen) atoms. The Balaban J connectivity index is 1.32. The van der Waals surface area contributed by atoms with Crippen LogP contribution < -0.4 is 11.0 Å². The number of hydrogen-bond acceptors (Lipinski definition) is 7. The van der Waals surface area contributed by atoms with E-state index >= 15 is 0 Å². The Morgan fingerprint density at radius 2 is 1.97 bits per heavy atom. The van der Waals surface area contributed by atoms with Gasteiger partial charge in [-0.1, -0.05) is 0 Å². The lowest BCUT2D eigenvalue weighted by Crippen LogP contribution is -2.56. The molecule has 10 nitrogen and oxygen atoms in total. The first-order valence-electron chi connectivity index (χ1n) is 11.6. The van der Waals surface area contributed by atoms with Crippen molar-refractivity contribution >= 4 is 28.4 Å². The van der Waals surface area contributed by atoms with Gasteiger partial charge in [0.25, 0.3) is 0 Å². The number of rotatable bonds is 3. The number of pyridine rings is 1. The van der Waals surface area contributed by atoms with E-state index in [0.717, 1.165) is 54.5 Å². The minimum absolute atomic E-state index is 0.0545. The van der Waals surface area contributed by atoms with E-state index in [4.69, 9.17) is 4.98 Å². The zero-order valence-corrected chi connectivity index (χ0v) is 18.6. The highest BCUT2D eigenvalue weighted by Gasteiger charge is 2.56. The Morgan fingerprint density at radius 3 is 2.73 bits per heavy atom. The Labute approximate surface area is 189 Å². The molecule has 0 amide bonds. The summed E-state index contributed by atoms with van der Waals surface area (Å²) in [6, 6.07) is 2.03.